The number of carbonyl (C=O) groups is 1. The number of aliphatic hydroxyl groups excluding tert-OH is 1. The van der Waals surface area contributed by atoms with Gasteiger partial charge < -0.3 is 14.8 Å². The molecule has 0 bridgehead atoms. The molecule has 1 heterocycles. The zero-order valence-electron chi connectivity index (χ0n) is 12.4. The van der Waals surface area contributed by atoms with E-state index >= 15 is 0 Å². The van der Waals surface area contributed by atoms with Crippen molar-refractivity contribution in [3.63, 3.8) is 0 Å². The van der Waals surface area contributed by atoms with Crippen LogP contribution >= 0.6 is 11.8 Å². The summed E-state index contributed by atoms with van der Waals surface area (Å²) >= 11 is 1.26. The predicted molar refractivity (Wildman–Crippen MR) is 88.9 cm³/mol. The van der Waals surface area contributed by atoms with E-state index in [2.05, 4.69) is 10.3 Å². The highest BCUT2D eigenvalue weighted by Gasteiger charge is 2.09. The number of thioether (sulfide) groups is 1. The number of fused-ring (bicyclic) bond motifs is 1. The van der Waals surface area contributed by atoms with Gasteiger partial charge >= 0.3 is 0 Å². The van der Waals surface area contributed by atoms with Crippen LogP contribution in [0.1, 0.15) is 11.1 Å². The molecule has 5 nitrogen and oxygen atoms in total. The number of para-hydroxylation sites is 2. The maximum atomic E-state index is 11.9. The van der Waals surface area contributed by atoms with Crippen LogP contribution in [0.4, 0.5) is 0 Å². The van der Waals surface area contributed by atoms with Crippen molar-refractivity contribution >= 4 is 28.8 Å². The Morgan fingerprint density at radius 3 is 2.65 bits per heavy atom. The Hall–Kier alpha value is -2.31. The van der Waals surface area contributed by atoms with E-state index in [1.54, 1.807) is 0 Å². The van der Waals surface area contributed by atoms with Crippen molar-refractivity contribution in [1.82, 2.24) is 10.3 Å². The lowest BCUT2D eigenvalue weighted by Gasteiger charge is -2.08. The fraction of sp³-hybridized carbons (Fsp3) is 0.176. The van der Waals surface area contributed by atoms with E-state index in [4.69, 9.17) is 4.42 Å². The Morgan fingerprint density at radius 1 is 1.13 bits per heavy atom. The standard InChI is InChI=1S/C17H16N2O3S/c20-10-13-6-2-1-5-12(13)9-18-16(21)11-23-17-19-14-7-3-4-8-15(14)22-17/h1-8,20H,9-11H2,(H,18,21). The Kier molecular flexibility index (Phi) is 4.95. The molecule has 0 aliphatic carbocycles. The number of hydrogen-bond acceptors (Lipinski definition) is 5. The second-order valence-corrected chi connectivity index (χ2v) is 5.87. The normalized spacial score (nSPS) is 10.8. The number of benzene rings is 2. The summed E-state index contributed by atoms with van der Waals surface area (Å²) < 4.78 is 5.56. The molecule has 0 atom stereocenters. The van der Waals surface area contributed by atoms with Crippen LogP contribution in [0.5, 0.6) is 0 Å². The maximum absolute atomic E-state index is 11.9. The largest absolute Gasteiger partial charge is 0.431 e. The highest BCUT2D eigenvalue weighted by molar-refractivity contribution is 7.99. The molecule has 1 amide bonds. The van der Waals surface area contributed by atoms with E-state index in [0.717, 1.165) is 16.6 Å². The van der Waals surface area contributed by atoms with Gasteiger partial charge in [-0.05, 0) is 23.3 Å². The van der Waals surface area contributed by atoms with Crippen LogP contribution in [0.3, 0.4) is 0 Å². The van der Waals surface area contributed by atoms with Gasteiger partial charge in [0.05, 0.1) is 12.4 Å². The number of aromatic nitrogens is 1. The highest BCUT2D eigenvalue weighted by Crippen LogP contribution is 2.22. The number of hydrogen-bond donors (Lipinski definition) is 2. The molecule has 1 aromatic heterocycles. The molecule has 23 heavy (non-hydrogen) atoms. The first-order valence-corrected chi connectivity index (χ1v) is 8.17. The van der Waals surface area contributed by atoms with Crippen molar-refractivity contribution in [3.8, 4) is 0 Å². The number of amides is 1. The summed E-state index contributed by atoms with van der Waals surface area (Å²) in [7, 11) is 0. The van der Waals surface area contributed by atoms with E-state index in [-0.39, 0.29) is 18.3 Å². The van der Waals surface area contributed by atoms with E-state index < -0.39 is 0 Å². The van der Waals surface area contributed by atoms with Crippen molar-refractivity contribution < 1.29 is 14.3 Å². The third-order valence-corrected chi connectivity index (χ3v) is 4.19. The Balaban J connectivity index is 1.53. The smallest absolute Gasteiger partial charge is 0.257 e. The lowest BCUT2D eigenvalue weighted by atomic mass is 10.1. The average Bonchev–Trinajstić information content (AvgIpc) is 3.01. The van der Waals surface area contributed by atoms with Gasteiger partial charge in [-0.25, -0.2) is 4.98 Å². The molecule has 0 saturated carbocycles. The lowest BCUT2D eigenvalue weighted by molar-refractivity contribution is -0.118. The third-order valence-electron chi connectivity index (χ3n) is 3.37. The van der Waals surface area contributed by atoms with Gasteiger partial charge in [0, 0.05) is 6.54 Å². The van der Waals surface area contributed by atoms with Crippen molar-refractivity contribution in [2.24, 2.45) is 0 Å². The molecule has 0 aliphatic heterocycles. The minimum atomic E-state index is -0.106. The van der Waals surface area contributed by atoms with Crippen LogP contribution in [0.2, 0.25) is 0 Å². The zero-order valence-corrected chi connectivity index (χ0v) is 13.2. The van der Waals surface area contributed by atoms with Crippen LogP contribution in [0.15, 0.2) is 58.2 Å². The third kappa shape index (κ3) is 3.91. The molecule has 0 radical (unpaired) electrons. The van der Waals surface area contributed by atoms with Crippen molar-refractivity contribution in [2.45, 2.75) is 18.4 Å². The minimum Gasteiger partial charge on any atom is -0.431 e. The summed E-state index contributed by atoms with van der Waals surface area (Å²) in [6.07, 6.45) is 0. The molecule has 0 aliphatic rings. The van der Waals surface area contributed by atoms with Crippen LogP contribution in [-0.2, 0) is 17.9 Å². The summed E-state index contributed by atoms with van der Waals surface area (Å²) in [6.45, 7) is 0.355. The van der Waals surface area contributed by atoms with Gasteiger partial charge in [-0.2, -0.15) is 0 Å². The van der Waals surface area contributed by atoms with Crippen molar-refractivity contribution in [3.05, 3.63) is 59.7 Å². The first-order valence-electron chi connectivity index (χ1n) is 7.19. The Labute approximate surface area is 137 Å². The van der Waals surface area contributed by atoms with Gasteiger partial charge in [0.15, 0.2) is 5.58 Å². The maximum Gasteiger partial charge on any atom is 0.257 e. The molecule has 3 rings (SSSR count). The van der Waals surface area contributed by atoms with Crippen LogP contribution in [0, 0.1) is 0 Å². The molecule has 0 spiro atoms. The zero-order chi connectivity index (χ0) is 16.1. The fourth-order valence-electron chi connectivity index (χ4n) is 2.17. The number of oxazole rings is 1. The Bertz CT molecular complexity index is 783. The van der Waals surface area contributed by atoms with Crippen LogP contribution < -0.4 is 5.32 Å². The van der Waals surface area contributed by atoms with Crippen molar-refractivity contribution in [1.29, 1.82) is 0 Å². The molecule has 118 valence electrons. The molecular formula is C17H16N2O3S. The number of rotatable bonds is 6. The fourth-order valence-corrected chi connectivity index (χ4v) is 2.84. The number of nitrogens with zero attached hydrogens (tertiary/aromatic N) is 1. The quantitative estimate of drug-likeness (QED) is 0.681. The predicted octanol–water partition coefficient (Wildman–Crippen LogP) is 2.73. The topological polar surface area (TPSA) is 75.4 Å². The van der Waals surface area contributed by atoms with Gasteiger partial charge in [0.1, 0.15) is 5.52 Å². The monoisotopic (exact) mass is 328 g/mol. The minimum absolute atomic E-state index is 0.0380. The van der Waals surface area contributed by atoms with E-state index in [1.807, 2.05) is 48.5 Å². The molecule has 0 saturated heterocycles. The molecule has 2 N–H and O–H groups in total. The summed E-state index contributed by atoms with van der Waals surface area (Å²) in [6, 6.07) is 15.0. The van der Waals surface area contributed by atoms with Crippen LogP contribution in [0.25, 0.3) is 11.1 Å². The molecule has 0 fully saturated rings. The van der Waals surface area contributed by atoms with Gasteiger partial charge in [-0.3, -0.25) is 4.79 Å². The second kappa shape index (κ2) is 7.30. The number of aliphatic hydroxyl groups is 1. The molecule has 0 unspecified atom stereocenters. The number of nitrogens with one attached hydrogen (secondary N) is 1. The highest BCUT2D eigenvalue weighted by atomic mass is 32.2. The van der Waals surface area contributed by atoms with Crippen LogP contribution in [-0.4, -0.2) is 21.8 Å². The first kappa shape index (κ1) is 15.6. The van der Waals surface area contributed by atoms with Gasteiger partial charge in [0.25, 0.3) is 5.22 Å². The molecular weight excluding hydrogens is 312 g/mol. The van der Waals surface area contributed by atoms with Gasteiger partial charge in [-0.15, -0.1) is 0 Å². The summed E-state index contributed by atoms with van der Waals surface area (Å²) in [5.41, 5.74) is 3.23. The molecule has 2 aromatic carbocycles. The number of carbonyl (C=O) groups excluding carboxylic acids is 1. The lowest BCUT2D eigenvalue weighted by Crippen LogP contribution is -2.25. The molecule has 6 heteroatoms. The second-order valence-electron chi connectivity index (χ2n) is 4.94. The van der Waals surface area contributed by atoms with Gasteiger partial charge in [-0.1, -0.05) is 48.2 Å². The SMILES string of the molecule is O=C(CSc1nc2ccccc2o1)NCc1ccccc1CO. The Morgan fingerprint density at radius 2 is 1.87 bits per heavy atom. The molecule has 3 aromatic rings. The summed E-state index contributed by atoms with van der Waals surface area (Å²) in [5.74, 6) is 0.124. The van der Waals surface area contributed by atoms with E-state index in [1.165, 1.54) is 11.8 Å². The summed E-state index contributed by atoms with van der Waals surface area (Å²) in [5, 5.41) is 12.6. The van der Waals surface area contributed by atoms with Crippen molar-refractivity contribution in [2.75, 3.05) is 5.75 Å². The van der Waals surface area contributed by atoms with E-state index in [9.17, 15) is 9.90 Å². The van der Waals surface area contributed by atoms with Gasteiger partial charge in [0.2, 0.25) is 5.91 Å². The van der Waals surface area contributed by atoms with E-state index in [0.29, 0.717) is 17.4 Å². The summed E-state index contributed by atoms with van der Waals surface area (Å²) in [4.78, 5) is 16.3. The average molecular weight is 328 g/mol. The first-order chi connectivity index (χ1) is 11.3.